The quantitative estimate of drug-likeness (QED) is 0.609. The molecule has 1 aliphatic rings. The first-order valence-corrected chi connectivity index (χ1v) is 4.26. The second kappa shape index (κ2) is 3.83. The highest BCUT2D eigenvalue weighted by Crippen LogP contribution is 2.26. The van der Waals surface area contributed by atoms with Crippen LogP contribution in [0.5, 0.6) is 5.75 Å². The number of fused-ring (bicyclic) bond motifs is 1. The monoisotopic (exact) mass is 184 g/mol. The lowest BCUT2D eigenvalue weighted by molar-refractivity contribution is 0.287. The maximum Gasteiger partial charge on any atom is 0.123 e. The van der Waals surface area contributed by atoms with Crippen LogP contribution in [0.2, 0.25) is 0 Å². The van der Waals surface area contributed by atoms with Gasteiger partial charge in [0.1, 0.15) is 5.75 Å². The van der Waals surface area contributed by atoms with Crippen molar-refractivity contribution in [1.82, 2.24) is 0 Å². The van der Waals surface area contributed by atoms with E-state index in [4.69, 9.17) is 4.74 Å². The third kappa shape index (κ3) is 1.73. The molecule has 0 atom stereocenters. The lowest BCUT2D eigenvalue weighted by atomic mass is 10.1. The summed E-state index contributed by atoms with van der Waals surface area (Å²) in [4.78, 5) is 0.977. The summed E-state index contributed by atoms with van der Waals surface area (Å²) in [6.07, 6.45) is 2.28. The summed E-state index contributed by atoms with van der Waals surface area (Å²) < 4.78 is 5.46. The molecule has 2 nitrogen and oxygen atoms in total. The average molecular weight is 184 g/mol. The summed E-state index contributed by atoms with van der Waals surface area (Å²) >= 11 is 4.24. The lowest BCUT2D eigenvalue weighted by Gasteiger charge is -2.16. The summed E-state index contributed by atoms with van der Waals surface area (Å²) in [5.41, 5.74) is 1.31. The number of rotatable bonds is 0. The van der Waals surface area contributed by atoms with Crippen molar-refractivity contribution in [3.63, 3.8) is 0 Å². The van der Waals surface area contributed by atoms with E-state index in [0.717, 1.165) is 30.1 Å². The molecule has 12 heavy (non-hydrogen) atoms. The van der Waals surface area contributed by atoms with Crippen molar-refractivity contribution in [3.05, 3.63) is 23.8 Å². The van der Waals surface area contributed by atoms with Crippen molar-refractivity contribution in [1.29, 1.82) is 0 Å². The smallest absolute Gasteiger partial charge is 0.123 e. The molecule has 0 unspecified atom stereocenters. The SMILES string of the molecule is O.Sc1ccc2c(c1)OCCC2. The molecule has 0 bridgehead atoms. The van der Waals surface area contributed by atoms with Crippen LogP contribution in [-0.2, 0) is 6.42 Å². The van der Waals surface area contributed by atoms with E-state index in [-0.39, 0.29) is 5.48 Å². The Morgan fingerprint density at radius 3 is 3.00 bits per heavy atom. The molecular weight excluding hydrogens is 172 g/mol. The standard InChI is InChI=1S/C9H10OS.H2O/c11-8-4-3-7-2-1-5-10-9(7)6-8;/h3-4,6,11H,1-2,5H2;1H2. The summed E-state index contributed by atoms with van der Waals surface area (Å²) in [5, 5.41) is 0. The number of ether oxygens (including phenoxy) is 1. The molecule has 0 fully saturated rings. The van der Waals surface area contributed by atoms with Gasteiger partial charge in [0.25, 0.3) is 0 Å². The maximum absolute atomic E-state index is 5.46. The van der Waals surface area contributed by atoms with Gasteiger partial charge >= 0.3 is 0 Å². The molecule has 1 aromatic rings. The first kappa shape index (κ1) is 9.42. The molecule has 1 heterocycles. The molecule has 0 spiro atoms. The molecule has 0 saturated heterocycles. The van der Waals surface area contributed by atoms with Crippen molar-refractivity contribution in [2.75, 3.05) is 6.61 Å². The van der Waals surface area contributed by atoms with Crippen LogP contribution in [-0.4, -0.2) is 12.1 Å². The van der Waals surface area contributed by atoms with E-state index in [1.807, 2.05) is 12.1 Å². The number of hydrogen-bond acceptors (Lipinski definition) is 2. The maximum atomic E-state index is 5.46. The number of aryl methyl sites for hydroxylation is 1. The van der Waals surface area contributed by atoms with Crippen LogP contribution in [0.1, 0.15) is 12.0 Å². The second-order valence-electron chi connectivity index (χ2n) is 2.74. The zero-order valence-electron chi connectivity index (χ0n) is 6.71. The van der Waals surface area contributed by atoms with Crippen molar-refractivity contribution < 1.29 is 10.2 Å². The van der Waals surface area contributed by atoms with E-state index in [2.05, 4.69) is 18.7 Å². The molecule has 0 amide bonds. The topological polar surface area (TPSA) is 40.7 Å². The van der Waals surface area contributed by atoms with Crippen molar-refractivity contribution in [3.8, 4) is 5.75 Å². The number of hydrogen-bond donors (Lipinski definition) is 1. The fourth-order valence-electron chi connectivity index (χ4n) is 1.33. The van der Waals surface area contributed by atoms with Crippen LogP contribution >= 0.6 is 12.6 Å². The Hall–Kier alpha value is -0.670. The third-order valence-corrected chi connectivity index (χ3v) is 2.18. The third-order valence-electron chi connectivity index (χ3n) is 1.90. The highest BCUT2D eigenvalue weighted by atomic mass is 32.1. The molecule has 0 aromatic heterocycles. The van der Waals surface area contributed by atoms with E-state index in [9.17, 15) is 0 Å². The van der Waals surface area contributed by atoms with E-state index < -0.39 is 0 Å². The van der Waals surface area contributed by atoms with Gasteiger partial charge in [-0.25, -0.2) is 0 Å². The van der Waals surface area contributed by atoms with Crippen LogP contribution in [0.25, 0.3) is 0 Å². The van der Waals surface area contributed by atoms with E-state index in [0.29, 0.717) is 0 Å². The minimum atomic E-state index is 0. The Bertz CT molecular complexity index is 273. The Kier molecular flexibility index (Phi) is 3.00. The van der Waals surface area contributed by atoms with Crippen molar-refractivity contribution in [2.24, 2.45) is 0 Å². The predicted octanol–water partition coefficient (Wildman–Crippen LogP) is 1.48. The van der Waals surface area contributed by atoms with Gasteiger partial charge in [-0.2, -0.15) is 0 Å². The fourth-order valence-corrected chi connectivity index (χ4v) is 1.52. The van der Waals surface area contributed by atoms with Gasteiger partial charge < -0.3 is 10.2 Å². The summed E-state index contributed by atoms with van der Waals surface area (Å²) in [5.74, 6) is 1.02. The molecular formula is C9H12O2S. The molecule has 66 valence electrons. The van der Waals surface area contributed by atoms with Gasteiger partial charge in [-0.15, -0.1) is 12.6 Å². The Morgan fingerprint density at radius 2 is 2.17 bits per heavy atom. The van der Waals surface area contributed by atoms with Gasteiger partial charge in [0.2, 0.25) is 0 Å². The zero-order chi connectivity index (χ0) is 7.68. The highest BCUT2D eigenvalue weighted by molar-refractivity contribution is 7.80. The molecule has 0 saturated carbocycles. The molecule has 2 rings (SSSR count). The van der Waals surface area contributed by atoms with Gasteiger partial charge in [-0.05, 0) is 30.5 Å². The van der Waals surface area contributed by atoms with Gasteiger partial charge in [-0.3, -0.25) is 0 Å². The van der Waals surface area contributed by atoms with Crippen LogP contribution in [0.15, 0.2) is 23.1 Å². The van der Waals surface area contributed by atoms with Gasteiger partial charge in [0, 0.05) is 4.90 Å². The first-order chi connectivity index (χ1) is 5.36. The second-order valence-corrected chi connectivity index (χ2v) is 3.26. The number of thiol groups is 1. The molecule has 0 aliphatic carbocycles. The lowest BCUT2D eigenvalue weighted by Crippen LogP contribution is -2.07. The molecule has 2 N–H and O–H groups in total. The van der Waals surface area contributed by atoms with Crippen LogP contribution in [0, 0.1) is 0 Å². The molecule has 1 aliphatic heterocycles. The first-order valence-electron chi connectivity index (χ1n) is 3.81. The minimum absolute atomic E-state index is 0. The average Bonchev–Trinajstić information content (AvgIpc) is 2.04. The molecule has 0 radical (unpaired) electrons. The zero-order valence-corrected chi connectivity index (χ0v) is 7.60. The largest absolute Gasteiger partial charge is 0.493 e. The van der Waals surface area contributed by atoms with Gasteiger partial charge in [-0.1, -0.05) is 6.07 Å². The molecule has 3 heteroatoms. The highest BCUT2D eigenvalue weighted by Gasteiger charge is 2.08. The van der Waals surface area contributed by atoms with E-state index in [1.165, 1.54) is 5.56 Å². The fraction of sp³-hybridized carbons (Fsp3) is 0.333. The van der Waals surface area contributed by atoms with Gasteiger partial charge in [0.05, 0.1) is 6.61 Å². The summed E-state index contributed by atoms with van der Waals surface area (Å²) in [6, 6.07) is 6.09. The van der Waals surface area contributed by atoms with Crippen LogP contribution in [0.4, 0.5) is 0 Å². The van der Waals surface area contributed by atoms with Crippen molar-refractivity contribution >= 4 is 12.6 Å². The van der Waals surface area contributed by atoms with E-state index in [1.54, 1.807) is 0 Å². The normalized spacial score (nSPS) is 14.1. The Balaban J connectivity index is 0.000000720. The minimum Gasteiger partial charge on any atom is -0.493 e. The van der Waals surface area contributed by atoms with Crippen molar-refractivity contribution in [2.45, 2.75) is 17.7 Å². The Labute approximate surface area is 77.3 Å². The molecule has 1 aromatic carbocycles. The summed E-state index contributed by atoms with van der Waals surface area (Å²) in [6.45, 7) is 0.851. The van der Waals surface area contributed by atoms with E-state index >= 15 is 0 Å². The summed E-state index contributed by atoms with van der Waals surface area (Å²) in [7, 11) is 0. The Morgan fingerprint density at radius 1 is 1.33 bits per heavy atom. The van der Waals surface area contributed by atoms with Crippen LogP contribution < -0.4 is 4.74 Å². The van der Waals surface area contributed by atoms with Crippen LogP contribution in [0.3, 0.4) is 0 Å². The predicted molar refractivity (Wildman–Crippen MR) is 51.1 cm³/mol. The number of benzene rings is 1. The van der Waals surface area contributed by atoms with Gasteiger partial charge in [0.15, 0.2) is 0 Å².